The Morgan fingerprint density at radius 3 is 2.87 bits per heavy atom. The van der Waals surface area contributed by atoms with E-state index in [4.69, 9.17) is 0 Å². The molecule has 162 valence electrons. The maximum absolute atomic E-state index is 13.1. The van der Waals surface area contributed by atoms with Crippen molar-refractivity contribution in [3.8, 4) is 0 Å². The van der Waals surface area contributed by atoms with E-state index < -0.39 is 5.60 Å². The molecule has 7 heteroatoms. The van der Waals surface area contributed by atoms with E-state index in [9.17, 15) is 9.90 Å². The van der Waals surface area contributed by atoms with Gasteiger partial charge in [0, 0.05) is 29.9 Å². The number of carbonyl (C=O) groups excluding carboxylic acids is 1. The van der Waals surface area contributed by atoms with Crippen molar-refractivity contribution in [2.45, 2.75) is 88.3 Å². The van der Waals surface area contributed by atoms with Crippen LogP contribution in [0.25, 0.3) is 11.0 Å². The Morgan fingerprint density at radius 1 is 1.13 bits per heavy atom. The summed E-state index contributed by atoms with van der Waals surface area (Å²) >= 11 is 0. The van der Waals surface area contributed by atoms with Gasteiger partial charge in [0.2, 0.25) is 0 Å². The number of amides is 1. The number of aromatic amines is 1. The Kier molecular flexibility index (Phi) is 5.41. The predicted octanol–water partition coefficient (Wildman–Crippen LogP) is 3.63. The summed E-state index contributed by atoms with van der Waals surface area (Å²) in [6.45, 7) is 0. The van der Waals surface area contributed by atoms with E-state index in [0.717, 1.165) is 68.1 Å². The van der Waals surface area contributed by atoms with E-state index >= 15 is 0 Å². The molecule has 3 atom stereocenters. The predicted molar refractivity (Wildman–Crippen MR) is 117 cm³/mol. The highest BCUT2D eigenvalue weighted by molar-refractivity contribution is 6.06. The van der Waals surface area contributed by atoms with Crippen molar-refractivity contribution in [3.63, 3.8) is 0 Å². The number of fused-ring (bicyclic) bond motifs is 3. The highest BCUT2D eigenvalue weighted by Gasteiger charge is 2.42. The molecule has 2 aromatic rings. The Bertz CT molecular complexity index is 906. The second-order valence-electron chi connectivity index (χ2n) is 9.59. The molecular weight excluding hydrogens is 378 g/mol. The van der Waals surface area contributed by atoms with Gasteiger partial charge in [0.1, 0.15) is 5.65 Å². The second-order valence-corrected chi connectivity index (χ2v) is 9.59. The number of hydrogen-bond acceptors (Lipinski definition) is 5. The lowest BCUT2D eigenvalue weighted by atomic mass is 9.67. The fourth-order valence-electron chi connectivity index (χ4n) is 5.81. The van der Waals surface area contributed by atoms with E-state index in [2.05, 4.69) is 26.1 Å². The molecule has 7 nitrogen and oxygen atoms in total. The Labute approximate surface area is 177 Å². The molecule has 30 heavy (non-hydrogen) atoms. The van der Waals surface area contributed by atoms with Gasteiger partial charge in [-0.1, -0.05) is 25.7 Å². The zero-order chi connectivity index (χ0) is 20.6. The number of rotatable bonds is 5. The topological polar surface area (TPSA) is 102 Å². The zero-order valence-electron chi connectivity index (χ0n) is 17.5. The van der Waals surface area contributed by atoms with Gasteiger partial charge >= 0.3 is 0 Å². The number of anilines is 1. The van der Waals surface area contributed by atoms with Crippen molar-refractivity contribution in [3.05, 3.63) is 24.0 Å². The zero-order valence-corrected chi connectivity index (χ0v) is 17.5. The van der Waals surface area contributed by atoms with Crippen LogP contribution in [0.2, 0.25) is 0 Å². The average molecular weight is 412 g/mol. The molecule has 0 spiro atoms. The number of aromatic nitrogens is 2. The third-order valence-electron chi connectivity index (χ3n) is 7.50. The minimum atomic E-state index is -0.479. The molecule has 0 radical (unpaired) electrons. The highest BCUT2D eigenvalue weighted by Crippen LogP contribution is 2.44. The quantitative estimate of drug-likeness (QED) is 0.484. The van der Waals surface area contributed by atoms with Crippen LogP contribution in [0.5, 0.6) is 0 Å². The fraction of sp³-hybridized carbons (Fsp3) is 0.652. The van der Waals surface area contributed by atoms with Gasteiger partial charge < -0.3 is 15.4 Å². The van der Waals surface area contributed by atoms with Crippen LogP contribution in [-0.4, -0.2) is 38.7 Å². The number of nitrogens with one attached hydrogen (secondary N) is 4. The van der Waals surface area contributed by atoms with Crippen LogP contribution in [-0.2, 0) is 0 Å². The fourth-order valence-corrected chi connectivity index (χ4v) is 5.81. The number of nitrogens with zero attached hydrogens (tertiary/aromatic N) is 1. The van der Waals surface area contributed by atoms with Crippen molar-refractivity contribution in [2.24, 2.45) is 5.92 Å². The lowest BCUT2D eigenvalue weighted by Crippen LogP contribution is -2.48. The third kappa shape index (κ3) is 3.93. The number of H-pyrrole nitrogens is 1. The molecule has 5 rings (SSSR count). The van der Waals surface area contributed by atoms with Gasteiger partial charge in [0.15, 0.2) is 0 Å². The Balaban J connectivity index is 1.36. The minimum Gasteiger partial charge on any atom is -0.390 e. The number of pyridine rings is 1. The summed E-state index contributed by atoms with van der Waals surface area (Å²) in [7, 11) is 0. The monoisotopic (exact) mass is 411 g/mol. The van der Waals surface area contributed by atoms with Crippen LogP contribution >= 0.6 is 0 Å². The summed E-state index contributed by atoms with van der Waals surface area (Å²) < 4.78 is 0. The summed E-state index contributed by atoms with van der Waals surface area (Å²) in [4.78, 5) is 20.7. The molecule has 0 unspecified atom stereocenters. The van der Waals surface area contributed by atoms with Crippen molar-refractivity contribution < 1.29 is 9.90 Å². The molecule has 3 aliphatic rings. The average Bonchev–Trinajstić information content (AvgIpc) is 3.24. The molecule has 5 N–H and O–H groups in total. The SMILES string of the molecule is O=C(NNC1CCCCC1)c1cnc2[nH]ccc2c1N[C@@H]1CC[C@@]2(O)CCC[C@@H]1C2. The third-order valence-corrected chi connectivity index (χ3v) is 7.50. The molecular formula is C23H33N5O2. The minimum absolute atomic E-state index is 0.144. The lowest BCUT2D eigenvalue weighted by molar-refractivity contribution is -0.0508. The molecule has 3 saturated carbocycles. The Morgan fingerprint density at radius 2 is 2.00 bits per heavy atom. The molecule has 2 bridgehead atoms. The van der Waals surface area contributed by atoms with E-state index in [1.807, 2.05) is 12.3 Å². The Hall–Kier alpha value is -2.12. The first kappa shape index (κ1) is 19.8. The maximum Gasteiger partial charge on any atom is 0.269 e. The van der Waals surface area contributed by atoms with Crippen molar-refractivity contribution in [2.75, 3.05) is 5.32 Å². The van der Waals surface area contributed by atoms with Gasteiger partial charge in [-0.3, -0.25) is 10.2 Å². The molecule has 3 aliphatic carbocycles. The van der Waals surface area contributed by atoms with Crippen molar-refractivity contribution >= 4 is 22.6 Å². The number of aliphatic hydroxyl groups is 1. The van der Waals surface area contributed by atoms with E-state index in [1.54, 1.807) is 6.20 Å². The summed E-state index contributed by atoms with van der Waals surface area (Å²) in [5.41, 5.74) is 7.90. The van der Waals surface area contributed by atoms with Gasteiger partial charge in [-0.25, -0.2) is 10.4 Å². The van der Waals surface area contributed by atoms with Crippen LogP contribution in [0, 0.1) is 5.92 Å². The highest BCUT2D eigenvalue weighted by atomic mass is 16.3. The van der Waals surface area contributed by atoms with Gasteiger partial charge in [-0.2, -0.15) is 0 Å². The molecule has 3 fully saturated rings. The van der Waals surface area contributed by atoms with Crippen LogP contribution in [0.1, 0.15) is 81.0 Å². The summed E-state index contributed by atoms with van der Waals surface area (Å²) in [5, 5.41) is 15.4. The second kappa shape index (κ2) is 8.19. The first-order chi connectivity index (χ1) is 14.6. The molecule has 0 saturated heterocycles. The lowest BCUT2D eigenvalue weighted by Gasteiger charge is -2.46. The number of hydrazine groups is 1. The van der Waals surface area contributed by atoms with Gasteiger partial charge in [-0.15, -0.1) is 0 Å². The first-order valence-corrected chi connectivity index (χ1v) is 11.6. The largest absolute Gasteiger partial charge is 0.390 e. The molecule has 0 aromatic carbocycles. The normalized spacial score (nSPS) is 29.6. The molecule has 1 amide bonds. The van der Waals surface area contributed by atoms with E-state index in [0.29, 0.717) is 17.5 Å². The van der Waals surface area contributed by atoms with Crippen molar-refractivity contribution in [1.82, 2.24) is 20.8 Å². The van der Waals surface area contributed by atoms with E-state index in [-0.39, 0.29) is 11.9 Å². The summed E-state index contributed by atoms with van der Waals surface area (Å²) in [6, 6.07) is 2.60. The van der Waals surface area contributed by atoms with Crippen LogP contribution in [0.4, 0.5) is 5.69 Å². The van der Waals surface area contributed by atoms with Gasteiger partial charge in [0.05, 0.1) is 16.9 Å². The standard InChI is InChI=1S/C23H33N5O2/c29-22(28-27-16-6-2-1-3-7-16)18-14-25-21-17(9-12-24-21)20(18)26-19-8-11-23(30)10-4-5-15(19)13-23/h9,12,14-16,19,27,30H,1-8,10-11,13H2,(H,28,29)(H2,24,25,26)/t15-,19-,23+/m1/s1. The molecule has 2 heterocycles. The van der Waals surface area contributed by atoms with Crippen LogP contribution in [0.15, 0.2) is 18.5 Å². The smallest absolute Gasteiger partial charge is 0.269 e. The van der Waals surface area contributed by atoms with Gasteiger partial charge in [-0.05, 0) is 56.9 Å². The van der Waals surface area contributed by atoms with Crippen LogP contribution in [0.3, 0.4) is 0 Å². The number of hydrogen-bond donors (Lipinski definition) is 5. The maximum atomic E-state index is 13.1. The first-order valence-electron chi connectivity index (χ1n) is 11.6. The summed E-state index contributed by atoms with van der Waals surface area (Å²) in [6.07, 6.45) is 15.2. The van der Waals surface area contributed by atoms with Crippen molar-refractivity contribution in [1.29, 1.82) is 0 Å². The summed E-state index contributed by atoms with van der Waals surface area (Å²) in [5.74, 6) is 0.297. The van der Waals surface area contributed by atoms with Gasteiger partial charge in [0.25, 0.3) is 5.91 Å². The molecule has 0 aliphatic heterocycles. The molecule has 2 aromatic heterocycles. The van der Waals surface area contributed by atoms with Crippen LogP contribution < -0.4 is 16.2 Å². The number of carbonyl (C=O) groups is 1. The van der Waals surface area contributed by atoms with E-state index in [1.165, 1.54) is 19.3 Å².